The van der Waals surface area contributed by atoms with Crippen LogP contribution in [0.3, 0.4) is 0 Å². The van der Waals surface area contributed by atoms with Gasteiger partial charge in [0.05, 0.1) is 0 Å². The fourth-order valence-electron chi connectivity index (χ4n) is 1.75. The molecule has 1 aliphatic heterocycles. The fourth-order valence-corrected chi connectivity index (χ4v) is 1.75. The van der Waals surface area contributed by atoms with E-state index in [4.69, 9.17) is 5.73 Å². The third kappa shape index (κ3) is 2.46. The van der Waals surface area contributed by atoms with Crippen molar-refractivity contribution in [2.45, 2.75) is 45.2 Å². The van der Waals surface area contributed by atoms with Crippen LogP contribution in [0, 0.1) is 0 Å². The van der Waals surface area contributed by atoms with Crippen LogP contribution in [0.25, 0.3) is 0 Å². The molecule has 1 rings (SSSR count). The van der Waals surface area contributed by atoms with E-state index >= 15 is 0 Å². The van der Waals surface area contributed by atoms with Crippen LogP contribution in [-0.4, -0.2) is 29.6 Å². The van der Waals surface area contributed by atoms with Crippen LogP contribution in [0.4, 0.5) is 0 Å². The van der Waals surface area contributed by atoms with Crippen molar-refractivity contribution in [3.63, 3.8) is 0 Å². The van der Waals surface area contributed by atoms with Gasteiger partial charge in [0.25, 0.3) is 0 Å². The predicted octanol–water partition coefficient (Wildman–Crippen LogP) is 1.21. The molecule has 0 spiro atoms. The highest BCUT2D eigenvalue weighted by Crippen LogP contribution is 2.19. The van der Waals surface area contributed by atoms with Gasteiger partial charge in [0, 0.05) is 18.1 Å². The minimum Gasteiger partial charge on any atom is -0.324 e. The summed E-state index contributed by atoms with van der Waals surface area (Å²) in [5.41, 5.74) is 6.12. The van der Waals surface area contributed by atoms with E-state index in [2.05, 4.69) is 25.7 Å². The summed E-state index contributed by atoms with van der Waals surface area (Å²) in [6.45, 7) is 8.92. The molecule has 1 aliphatic rings. The summed E-state index contributed by atoms with van der Waals surface area (Å²) in [4.78, 5) is 2.46. The largest absolute Gasteiger partial charge is 0.324 e. The molecule has 0 amide bonds. The Morgan fingerprint density at radius 2 is 2.09 bits per heavy atom. The topological polar surface area (TPSA) is 29.3 Å². The van der Waals surface area contributed by atoms with Crippen molar-refractivity contribution in [3.8, 4) is 0 Å². The van der Waals surface area contributed by atoms with E-state index in [9.17, 15) is 0 Å². The maximum atomic E-state index is 6.06. The average Bonchev–Trinajstić information content (AvgIpc) is 1.85. The number of rotatable bonds is 1. The SMILES string of the molecule is CC(C)N1CCCC(C)(N)C1. The molecule has 0 aromatic heterocycles. The zero-order valence-electron chi connectivity index (χ0n) is 7.93. The smallest absolute Gasteiger partial charge is 0.0255 e. The highest BCUT2D eigenvalue weighted by atomic mass is 15.2. The molecular formula is C9H20N2. The maximum Gasteiger partial charge on any atom is 0.0255 e. The van der Waals surface area contributed by atoms with E-state index in [-0.39, 0.29) is 5.54 Å². The third-order valence-corrected chi connectivity index (χ3v) is 2.49. The molecule has 0 saturated carbocycles. The van der Waals surface area contributed by atoms with Gasteiger partial charge in [0.2, 0.25) is 0 Å². The molecule has 0 aromatic rings. The molecule has 11 heavy (non-hydrogen) atoms. The second-order valence-electron chi connectivity index (χ2n) is 4.32. The summed E-state index contributed by atoms with van der Waals surface area (Å²) < 4.78 is 0. The third-order valence-electron chi connectivity index (χ3n) is 2.49. The molecule has 1 atom stereocenters. The second kappa shape index (κ2) is 3.11. The highest BCUT2D eigenvalue weighted by molar-refractivity contribution is 4.88. The van der Waals surface area contributed by atoms with E-state index in [0.29, 0.717) is 6.04 Å². The van der Waals surface area contributed by atoms with Gasteiger partial charge in [-0.1, -0.05) is 0 Å². The van der Waals surface area contributed by atoms with Crippen LogP contribution in [0.2, 0.25) is 0 Å². The molecule has 0 bridgehead atoms. The van der Waals surface area contributed by atoms with Crippen LogP contribution in [0.5, 0.6) is 0 Å². The van der Waals surface area contributed by atoms with Crippen LogP contribution >= 0.6 is 0 Å². The molecule has 2 nitrogen and oxygen atoms in total. The molecule has 2 N–H and O–H groups in total. The lowest BCUT2D eigenvalue weighted by Gasteiger charge is -2.40. The Labute approximate surface area is 69.8 Å². The zero-order chi connectivity index (χ0) is 8.48. The molecular weight excluding hydrogens is 136 g/mol. The van der Waals surface area contributed by atoms with Crippen molar-refractivity contribution in [2.24, 2.45) is 5.73 Å². The van der Waals surface area contributed by atoms with E-state index in [0.717, 1.165) is 6.54 Å². The lowest BCUT2D eigenvalue weighted by atomic mass is 9.92. The summed E-state index contributed by atoms with van der Waals surface area (Å²) >= 11 is 0. The van der Waals surface area contributed by atoms with Crippen LogP contribution in [0.1, 0.15) is 33.6 Å². The molecule has 0 aromatic carbocycles. The van der Waals surface area contributed by atoms with E-state index < -0.39 is 0 Å². The van der Waals surface area contributed by atoms with Gasteiger partial charge in [-0.15, -0.1) is 0 Å². The van der Waals surface area contributed by atoms with E-state index in [1.807, 2.05) is 0 Å². The normalized spacial score (nSPS) is 34.6. The van der Waals surface area contributed by atoms with Crippen molar-refractivity contribution in [2.75, 3.05) is 13.1 Å². The van der Waals surface area contributed by atoms with Crippen LogP contribution < -0.4 is 5.73 Å². The minimum absolute atomic E-state index is 0.0581. The quantitative estimate of drug-likeness (QED) is 0.618. The molecule has 1 heterocycles. The molecule has 2 heteroatoms. The lowest BCUT2D eigenvalue weighted by molar-refractivity contribution is 0.128. The Bertz CT molecular complexity index is 130. The Balaban J connectivity index is 2.46. The van der Waals surface area contributed by atoms with Crippen molar-refractivity contribution < 1.29 is 0 Å². The van der Waals surface area contributed by atoms with Gasteiger partial charge in [-0.2, -0.15) is 0 Å². The van der Waals surface area contributed by atoms with Gasteiger partial charge >= 0.3 is 0 Å². The molecule has 66 valence electrons. The molecule has 0 aliphatic carbocycles. The monoisotopic (exact) mass is 156 g/mol. The van der Waals surface area contributed by atoms with Crippen molar-refractivity contribution in [3.05, 3.63) is 0 Å². The van der Waals surface area contributed by atoms with Gasteiger partial charge in [-0.3, -0.25) is 4.90 Å². The first-order chi connectivity index (χ1) is 5.01. The van der Waals surface area contributed by atoms with Gasteiger partial charge in [0.1, 0.15) is 0 Å². The number of hydrogen-bond acceptors (Lipinski definition) is 2. The fraction of sp³-hybridized carbons (Fsp3) is 1.00. The van der Waals surface area contributed by atoms with Gasteiger partial charge in [-0.25, -0.2) is 0 Å². The Kier molecular flexibility index (Phi) is 2.55. The van der Waals surface area contributed by atoms with E-state index in [1.165, 1.54) is 19.4 Å². The molecule has 1 saturated heterocycles. The summed E-state index contributed by atoms with van der Waals surface area (Å²) in [6.07, 6.45) is 2.43. The summed E-state index contributed by atoms with van der Waals surface area (Å²) in [5.74, 6) is 0. The number of piperidine rings is 1. The van der Waals surface area contributed by atoms with Crippen molar-refractivity contribution in [1.82, 2.24) is 4.90 Å². The Morgan fingerprint density at radius 3 is 2.45 bits per heavy atom. The first-order valence-corrected chi connectivity index (χ1v) is 4.54. The number of likely N-dealkylation sites (tertiary alicyclic amines) is 1. The average molecular weight is 156 g/mol. The standard InChI is InChI=1S/C9H20N2/c1-8(2)11-6-4-5-9(3,10)7-11/h8H,4-7,10H2,1-3H3. The molecule has 0 radical (unpaired) electrons. The van der Waals surface area contributed by atoms with Crippen LogP contribution in [-0.2, 0) is 0 Å². The number of hydrogen-bond donors (Lipinski definition) is 1. The Morgan fingerprint density at radius 1 is 1.45 bits per heavy atom. The van der Waals surface area contributed by atoms with Crippen LogP contribution in [0.15, 0.2) is 0 Å². The molecule has 1 unspecified atom stereocenters. The maximum absolute atomic E-state index is 6.06. The van der Waals surface area contributed by atoms with E-state index in [1.54, 1.807) is 0 Å². The highest BCUT2D eigenvalue weighted by Gasteiger charge is 2.27. The predicted molar refractivity (Wildman–Crippen MR) is 48.5 cm³/mol. The Hall–Kier alpha value is -0.0800. The summed E-state index contributed by atoms with van der Waals surface area (Å²) in [7, 11) is 0. The van der Waals surface area contributed by atoms with Gasteiger partial charge < -0.3 is 5.73 Å². The minimum atomic E-state index is 0.0581. The van der Waals surface area contributed by atoms with Crippen molar-refractivity contribution >= 4 is 0 Å². The second-order valence-corrected chi connectivity index (χ2v) is 4.32. The number of nitrogens with two attached hydrogens (primary N) is 1. The zero-order valence-corrected chi connectivity index (χ0v) is 7.93. The lowest BCUT2D eigenvalue weighted by Crippen LogP contribution is -2.53. The summed E-state index contributed by atoms with van der Waals surface area (Å²) in [5, 5.41) is 0. The van der Waals surface area contributed by atoms with Gasteiger partial charge in [-0.05, 0) is 40.2 Å². The first-order valence-electron chi connectivity index (χ1n) is 4.54. The first kappa shape index (κ1) is 9.01. The van der Waals surface area contributed by atoms with Gasteiger partial charge in [0.15, 0.2) is 0 Å². The number of nitrogens with zero attached hydrogens (tertiary/aromatic N) is 1. The summed E-state index contributed by atoms with van der Waals surface area (Å²) in [6, 6.07) is 0.651. The molecule has 1 fully saturated rings. The van der Waals surface area contributed by atoms with Crippen molar-refractivity contribution in [1.29, 1.82) is 0 Å².